The normalized spacial score (nSPS) is 12.6. The molecule has 2 N–H and O–H groups in total. The van der Waals surface area contributed by atoms with Crippen LogP contribution in [0.2, 0.25) is 0 Å². The lowest BCUT2D eigenvalue weighted by molar-refractivity contribution is 0.835. The molecule has 0 aliphatic carbocycles. The van der Waals surface area contributed by atoms with Crippen LogP contribution in [0.25, 0.3) is 0 Å². The first-order valence-electron chi connectivity index (χ1n) is 5.43. The lowest BCUT2D eigenvalue weighted by Gasteiger charge is -2.10. The fourth-order valence-corrected chi connectivity index (χ4v) is 2.17. The third-order valence-electron chi connectivity index (χ3n) is 2.55. The maximum Gasteiger partial charge on any atom is 0.0955 e. The molecule has 2 aromatic rings. The second-order valence-electron chi connectivity index (χ2n) is 3.81. The fourth-order valence-electron chi connectivity index (χ4n) is 1.71. The minimum absolute atomic E-state index is 0.157. The molecule has 0 aliphatic heterocycles. The monoisotopic (exact) mass is 233 g/mol. The van der Waals surface area contributed by atoms with E-state index in [2.05, 4.69) is 33.9 Å². The summed E-state index contributed by atoms with van der Waals surface area (Å²) in [5, 5.41) is 0. The average Bonchev–Trinajstić information content (AvgIpc) is 2.82. The van der Waals surface area contributed by atoms with E-state index in [4.69, 9.17) is 5.73 Å². The summed E-state index contributed by atoms with van der Waals surface area (Å²) in [5.74, 6) is 0. The van der Waals surface area contributed by atoms with Gasteiger partial charge in [0.2, 0.25) is 0 Å². The first kappa shape index (κ1) is 11.2. The van der Waals surface area contributed by atoms with Gasteiger partial charge in [0.05, 0.1) is 29.7 Å². The number of hydrogen-bond acceptors (Lipinski definition) is 4. The van der Waals surface area contributed by atoms with Crippen molar-refractivity contribution in [2.24, 2.45) is 5.73 Å². The van der Waals surface area contributed by atoms with Crippen LogP contribution < -0.4 is 5.73 Å². The van der Waals surface area contributed by atoms with Crippen molar-refractivity contribution in [3.05, 3.63) is 47.3 Å². The van der Waals surface area contributed by atoms with Crippen molar-refractivity contribution in [1.29, 1.82) is 0 Å². The van der Waals surface area contributed by atoms with Crippen molar-refractivity contribution in [3.8, 4) is 0 Å². The van der Waals surface area contributed by atoms with Gasteiger partial charge in [0.15, 0.2) is 0 Å². The molecule has 16 heavy (non-hydrogen) atoms. The van der Waals surface area contributed by atoms with Crippen molar-refractivity contribution in [3.63, 3.8) is 0 Å². The lowest BCUT2D eigenvalue weighted by atomic mass is 10.0. The highest BCUT2D eigenvalue weighted by molar-refractivity contribution is 6.99. The predicted molar refractivity (Wildman–Crippen MR) is 66.4 cm³/mol. The SMILES string of the molecule is CCCc1cccc(C(N)c2cnsn2)c1. The van der Waals surface area contributed by atoms with E-state index in [0.717, 1.165) is 24.1 Å². The summed E-state index contributed by atoms with van der Waals surface area (Å²) in [5.41, 5.74) is 9.42. The Hall–Kier alpha value is -1.26. The van der Waals surface area contributed by atoms with Gasteiger partial charge in [0, 0.05) is 0 Å². The second kappa shape index (κ2) is 5.18. The van der Waals surface area contributed by atoms with Crippen LogP contribution in [0.5, 0.6) is 0 Å². The predicted octanol–water partition coefficient (Wildman–Crippen LogP) is 2.54. The van der Waals surface area contributed by atoms with E-state index in [0.29, 0.717) is 0 Å². The molecule has 0 saturated carbocycles. The number of aryl methyl sites for hydroxylation is 1. The minimum atomic E-state index is -0.157. The molecule has 0 saturated heterocycles. The molecule has 3 nitrogen and oxygen atoms in total. The van der Waals surface area contributed by atoms with E-state index in [-0.39, 0.29) is 6.04 Å². The fraction of sp³-hybridized carbons (Fsp3) is 0.333. The second-order valence-corrected chi connectivity index (χ2v) is 4.36. The summed E-state index contributed by atoms with van der Waals surface area (Å²) in [7, 11) is 0. The summed E-state index contributed by atoms with van der Waals surface area (Å²) in [6.07, 6.45) is 3.98. The van der Waals surface area contributed by atoms with Crippen molar-refractivity contribution in [1.82, 2.24) is 8.75 Å². The molecule has 0 aliphatic rings. The standard InChI is InChI=1S/C12H15N3S/c1-2-4-9-5-3-6-10(7-9)12(13)11-8-14-16-15-11/h3,5-8,12H,2,4,13H2,1H3. The Morgan fingerprint density at radius 3 is 3.00 bits per heavy atom. The van der Waals surface area contributed by atoms with Crippen LogP contribution >= 0.6 is 11.7 Å². The zero-order valence-electron chi connectivity index (χ0n) is 9.26. The molecule has 0 bridgehead atoms. The van der Waals surface area contributed by atoms with Gasteiger partial charge < -0.3 is 5.73 Å². The van der Waals surface area contributed by atoms with Gasteiger partial charge >= 0.3 is 0 Å². The van der Waals surface area contributed by atoms with Gasteiger partial charge in [-0.25, -0.2) is 0 Å². The molecule has 4 heteroatoms. The van der Waals surface area contributed by atoms with Gasteiger partial charge in [-0.1, -0.05) is 37.6 Å². The van der Waals surface area contributed by atoms with Crippen LogP contribution in [0.4, 0.5) is 0 Å². The molecule has 0 radical (unpaired) electrons. The van der Waals surface area contributed by atoms with Gasteiger partial charge in [0.1, 0.15) is 0 Å². The van der Waals surface area contributed by atoms with E-state index < -0.39 is 0 Å². The first-order chi connectivity index (χ1) is 7.81. The third kappa shape index (κ3) is 2.46. The Morgan fingerprint density at radius 2 is 2.31 bits per heavy atom. The summed E-state index contributed by atoms with van der Waals surface area (Å²) < 4.78 is 8.15. The molecule has 84 valence electrons. The molecule has 1 atom stereocenters. The average molecular weight is 233 g/mol. The summed E-state index contributed by atoms with van der Waals surface area (Å²) in [4.78, 5) is 0. The van der Waals surface area contributed by atoms with Gasteiger partial charge in [-0.2, -0.15) is 8.75 Å². The highest BCUT2D eigenvalue weighted by Gasteiger charge is 2.11. The first-order valence-corrected chi connectivity index (χ1v) is 6.16. The Kier molecular flexibility index (Phi) is 3.64. The van der Waals surface area contributed by atoms with Crippen LogP contribution in [-0.4, -0.2) is 8.75 Å². The van der Waals surface area contributed by atoms with E-state index in [1.54, 1.807) is 6.20 Å². The molecule has 0 fully saturated rings. The topological polar surface area (TPSA) is 51.8 Å². The Balaban J connectivity index is 2.23. The van der Waals surface area contributed by atoms with Crippen LogP contribution in [0, 0.1) is 0 Å². The number of rotatable bonds is 4. The number of aromatic nitrogens is 2. The highest BCUT2D eigenvalue weighted by atomic mass is 32.1. The minimum Gasteiger partial charge on any atom is -0.319 e. The van der Waals surface area contributed by atoms with E-state index >= 15 is 0 Å². The maximum absolute atomic E-state index is 6.13. The van der Waals surface area contributed by atoms with Crippen LogP contribution in [0.3, 0.4) is 0 Å². The summed E-state index contributed by atoms with van der Waals surface area (Å²) >= 11 is 1.20. The van der Waals surface area contributed by atoms with Crippen molar-refractivity contribution in [2.45, 2.75) is 25.8 Å². The van der Waals surface area contributed by atoms with Gasteiger partial charge in [-0.3, -0.25) is 0 Å². The quantitative estimate of drug-likeness (QED) is 0.883. The zero-order valence-corrected chi connectivity index (χ0v) is 10.1. The number of nitrogens with two attached hydrogens (primary N) is 1. The molecule has 1 aromatic carbocycles. The lowest BCUT2D eigenvalue weighted by Crippen LogP contribution is -2.12. The van der Waals surface area contributed by atoms with Gasteiger partial charge in [-0.05, 0) is 17.5 Å². The van der Waals surface area contributed by atoms with E-state index in [9.17, 15) is 0 Å². The molecular weight excluding hydrogens is 218 g/mol. The molecule has 1 aromatic heterocycles. The number of benzene rings is 1. The summed E-state index contributed by atoms with van der Waals surface area (Å²) in [6.45, 7) is 2.18. The molecule has 0 amide bonds. The van der Waals surface area contributed by atoms with Crippen LogP contribution in [-0.2, 0) is 6.42 Å². The Bertz CT molecular complexity index is 439. The van der Waals surface area contributed by atoms with Crippen molar-refractivity contribution >= 4 is 11.7 Å². The molecule has 2 rings (SSSR count). The zero-order chi connectivity index (χ0) is 11.4. The van der Waals surface area contributed by atoms with Crippen molar-refractivity contribution < 1.29 is 0 Å². The highest BCUT2D eigenvalue weighted by Crippen LogP contribution is 2.19. The number of hydrogen-bond donors (Lipinski definition) is 1. The molecular formula is C12H15N3S. The number of nitrogens with zero attached hydrogens (tertiary/aromatic N) is 2. The third-order valence-corrected chi connectivity index (χ3v) is 3.04. The molecule has 1 heterocycles. The Morgan fingerprint density at radius 1 is 1.44 bits per heavy atom. The molecule has 0 spiro atoms. The van der Waals surface area contributed by atoms with Crippen LogP contribution in [0.15, 0.2) is 30.5 Å². The largest absolute Gasteiger partial charge is 0.319 e. The Labute approximate surface area is 99.6 Å². The van der Waals surface area contributed by atoms with E-state index in [1.807, 2.05) is 6.07 Å². The smallest absolute Gasteiger partial charge is 0.0955 e. The van der Waals surface area contributed by atoms with Crippen molar-refractivity contribution in [2.75, 3.05) is 0 Å². The van der Waals surface area contributed by atoms with Gasteiger partial charge in [0.25, 0.3) is 0 Å². The molecule has 1 unspecified atom stereocenters. The van der Waals surface area contributed by atoms with E-state index in [1.165, 1.54) is 17.3 Å². The summed E-state index contributed by atoms with van der Waals surface area (Å²) in [6, 6.07) is 8.24. The van der Waals surface area contributed by atoms with Gasteiger partial charge in [-0.15, -0.1) is 0 Å². The maximum atomic E-state index is 6.13. The van der Waals surface area contributed by atoms with Crippen LogP contribution in [0.1, 0.15) is 36.2 Å².